The van der Waals surface area contributed by atoms with Crippen LogP contribution in [0.2, 0.25) is 0 Å². The summed E-state index contributed by atoms with van der Waals surface area (Å²) in [4.78, 5) is 2.31. The van der Waals surface area contributed by atoms with Crippen molar-refractivity contribution in [2.45, 2.75) is 19.3 Å². The summed E-state index contributed by atoms with van der Waals surface area (Å²) in [5.41, 5.74) is 2.84. The molecule has 5 nitrogen and oxygen atoms in total. The first-order valence-electron chi connectivity index (χ1n) is 9.58. The number of halogens is 3. The highest BCUT2D eigenvalue weighted by Gasteiger charge is 2.31. The van der Waals surface area contributed by atoms with Gasteiger partial charge in [-0.15, -0.1) is 13.2 Å². The zero-order chi connectivity index (χ0) is 21.6. The molecule has 30 heavy (non-hydrogen) atoms. The molecule has 1 heterocycles. The van der Waals surface area contributed by atoms with Crippen LogP contribution in [-0.2, 0) is 4.74 Å². The topological polar surface area (TPSA) is 45.8 Å². The first-order chi connectivity index (χ1) is 14.3. The molecule has 0 aromatic heterocycles. The van der Waals surface area contributed by atoms with Crippen LogP contribution in [0, 0.1) is 6.92 Å². The van der Waals surface area contributed by atoms with Crippen molar-refractivity contribution in [3.63, 3.8) is 0 Å². The largest absolute Gasteiger partial charge is 0.573 e. The van der Waals surface area contributed by atoms with Crippen molar-refractivity contribution in [3.05, 3.63) is 59.7 Å². The standard InChI is InChI=1S/C21H24F3N3O2S/c1-15-2-4-16(5-3-15)19(14-27-10-12-28-13-11-27)26-20(30)25-17-6-8-18(9-7-17)29-21(22,23)24/h2-9,19H,10-14H2,1H3,(H2,25,26,30)/t19-/m1/s1. The third-order valence-electron chi connectivity index (χ3n) is 4.68. The van der Waals surface area contributed by atoms with E-state index in [-0.39, 0.29) is 11.8 Å². The van der Waals surface area contributed by atoms with Crippen molar-refractivity contribution in [1.82, 2.24) is 10.2 Å². The summed E-state index contributed by atoms with van der Waals surface area (Å²) in [6, 6.07) is 13.6. The Morgan fingerprint density at radius 2 is 1.73 bits per heavy atom. The van der Waals surface area contributed by atoms with Gasteiger partial charge in [0.05, 0.1) is 19.3 Å². The average molecular weight is 440 g/mol. The molecule has 9 heteroatoms. The van der Waals surface area contributed by atoms with Gasteiger partial charge >= 0.3 is 6.36 Å². The van der Waals surface area contributed by atoms with Crippen molar-refractivity contribution in [1.29, 1.82) is 0 Å². The van der Waals surface area contributed by atoms with E-state index < -0.39 is 6.36 Å². The van der Waals surface area contributed by atoms with E-state index in [9.17, 15) is 13.2 Å². The molecular formula is C21H24F3N3O2S. The second-order valence-corrected chi connectivity index (χ2v) is 7.46. The van der Waals surface area contributed by atoms with E-state index in [1.54, 1.807) is 0 Å². The van der Waals surface area contributed by atoms with Crippen LogP contribution in [0.5, 0.6) is 5.75 Å². The summed E-state index contributed by atoms with van der Waals surface area (Å²) < 4.78 is 46.2. The number of hydrogen-bond donors (Lipinski definition) is 2. The summed E-state index contributed by atoms with van der Waals surface area (Å²) in [6.07, 6.45) is -4.72. The monoisotopic (exact) mass is 439 g/mol. The van der Waals surface area contributed by atoms with Crippen LogP contribution in [0.4, 0.5) is 18.9 Å². The maximum atomic E-state index is 12.3. The van der Waals surface area contributed by atoms with E-state index in [0.29, 0.717) is 24.0 Å². The van der Waals surface area contributed by atoms with Crippen LogP contribution in [0.1, 0.15) is 17.2 Å². The Bertz CT molecular complexity index is 823. The van der Waals surface area contributed by atoms with Crippen LogP contribution in [0.25, 0.3) is 0 Å². The summed E-state index contributed by atoms with van der Waals surface area (Å²) in [7, 11) is 0. The number of ether oxygens (including phenoxy) is 2. The van der Waals surface area contributed by atoms with Crippen LogP contribution in [0.15, 0.2) is 48.5 Å². The number of rotatable bonds is 6. The third kappa shape index (κ3) is 7.16. The van der Waals surface area contributed by atoms with Gasteiger partial charge in [-0.2, -0.15) is 0 Å². The van der Waals surface area contributed by atoms with E-state index in [0.717, 1.165) is 25.2 Å². The summed E-state index contributed by atoms with van der Waals surface area (Å²) >= 11 is 5.45. The molecule has 0 bridgehead atoms. The van der Waals surface area contributed by atoms with Crippen molar-refractivity contribution in [2.24, 2.45) is 0 Å². The Kier molecular flexibility index (Phi) is 7.52. The number of hydrogen-bond acceptors (Lipinski definition) is 4. The smallest absolute Gasteiger partial charge is 0.406 e. The van der Waals surface area contributed by atoms with Gasteiger partial charge in [0.1, 0.15) is 5.75 Å². The number of aryl methyl sites for hydroxylation is 1. The highest BCUT2D eigenvalue weighted by Crippen LogP contribution is 2.24. The van der Waals surface area contributed by atoms with E-state index in [2.05, 4.69) is 44.5 Å². The second kappa shape index (κ2) is 10.1. The predicted molar refractivity (Wildman–Crippen MR) is 114 cm³/mol. The molecule has 3 rings (SSSR count). The highest BCUT2D eigenvalue weighted by molar-refractivity contribution is 7.80. The minimum Gasteiger partial charge on any atom is -0.406 e. The van der Waals surface area contributed by atoms with Crippen molar-refractivity contribution in [2.75, 3.05) is 38.2 Å². The molecule has 162 valence electrons. The third-order valence-corrected chi connectivity index (χ3v) is 4.90. The molecule has 0 aliphatic carbocycles. The van der Waals surface area contributed by atoms with Gasteiger partial charge in [0.25, 0.3) is 0 Å². The van der Waals surface area contributed by atoms with Gasteiger partial charge in [0.2, 0.25) is 0 Å². The van der Waals surface area contributed by atoms with E-state index in [4.69, 9.17) is 17.0 Å². The van der Waals surface area contributed by atoms with Crippen molar-refractivity contribution >= 4 is 23.0 Å². The van der Waals surface area contributed by atoms with Crippen LogP contribution >= 0.6 is 12.2 Å². The van der Waals surface area contributed by atoms with Gasteiger partial charge in [-0.25, -0.2) is 0 Å². The minimum atomic E-state index is -4.72. The van der Waals surface area contributed by atoms with Crippen LogP contribution in [-0.4, -0.2) is 49.2 Å². The maximum absolute atomic E-state index is 12.3. The van der Waals surface area contributed by atoms with Gasteiger partial charge in [-0.1, -0.05) is 29.8 Å². The molecule has 0 saturated carbocycles. The Morgan fingerprint density at radius 3 is 2.33 bits per heavy atom. The van der Waals surface area contributed by atoms with Gasteiger partial charge in [0, 0.05) is 25.3 Å². The summed E-state index contributed by atoms with van der Waals surface area (Å²) in [5, 5.41) is 6.74. The van der Waals surface area contributed by atoms with E-state index in [1.807, 2.05) is 6.92 Å². The number of nitrogens with one attached hydrogen (secondary N) is 2. The first kappa shape index (κ1) is 22.3. The van der Waals surface area contributed by atoms with Gasteiger partial charge < -0.3 is 20.1 Å². The molecule has 1 saturated heterocycles. The van der Waals surface area contributed by atoms with Crippen molar-refractivity contribution in [3.8, 4) is 5.75 Å². The fraction of sp³-hybridized carbons (Fsp3) is 0.381. The highest BCUT2D eigenvalue weighted by atomic mass is 32.1. The fourth-order valence-corrected chi connectivity index (χ4v) is 3.40. The minimum absolute atomic E-state index is 0.0449. The number of anilines is 1. The number of alkyl halides is 3. The van der Waals surface area contributed by atoms with Crippen LogP contribution in [0.3, 0.4) is 0 Å². The van der Waals surface area contributed by atoms with Gasteiger partial charge in [-0.05, 0) is 49.0 Å². The molecule has 1 fully saturated rings. The Labute approximate surface area is 179 Å². The number of morpholine rings is 1. The first-order valence-corrected chi connectivity index (χ1v) is 9.99. The SMILES string of the molecule is Cc1ccc([C@@H](CN2CCOCC2)NC(=S)Nc2ccc(OC(F)(F)F)cc2)cc1. The summed E-state index contributed by atoms with van der Waals surface area (Å²) in [5.74, 6) is -0.281. The number of nitrogens with zero attached hydrogens (tertiary/aromatic N) is 1. The number of thiocarbonyl (C=S) groups is 1. The van der Waals surface area contributed by atoms with Gasteiger partial charge in [0.15, 0.2) is 5.11 Å². The molecule has 0 unspecified atom stereocenters. The fourth-order valence-electron chi connectivity index (χ4n) is 3.14. The normalized spacial score (nSPS) is 16.0. The lowest BCUT2D eigenvalue weighted by molar-refractivity contribution is -0.274. The Balaban J connectivity index is 1.64. The van der Waals surface area contributed by atoms with Crippen LogP contribution < -0.4 is 15.4 Å². The second-order valence-electron chi connectivity index (χ2n) is 7.05. The molecule has 2 aromatic rings. The molecule has 1 aliphatic heterocycles. The Hall–Kier alpha value is -2.36. The molecular weight excluding hydrogens is 415 g/mol. The van der Waals surface area contributed by atoms with E-state index >= 15 is 0 Å². The molecule has 2 N–H and O–H groups in total. The predicted octanol–water partition coefficient (Wildman–Crippen LogP) is 4.25. The molecule has 1 atom stereocenters. The quantitative estimate of drug-likeness (QED) is 0.656. The molecule has 2 aromatic carbocycles. The zero-order valence-electron chi connectivity index (χ0n) is 16.5. The summed E-state index contributed by atoms with van der Waals surface area (Å²) in [6.45, 7) is 5.90. The lowest BCUT2D eigenvalue weighted by Gasteiger charge is -2.31. The molecule has 0 spiro atoms. The lowest BCUT2D eigenvalue weighted by atomic mass is 10.0. The lowest BCUT2D eigenvalue weighted by Crippen LogP contribution is -2.44. The van der Waals surface area contributed by atoms with Crippen molar-refractivity contribution < 1.29 is 22.6 Å². The molecule has 0 amide bonds. The van der Waals surface area contributed by atoms with Gasteiger partial charge in [-0.3, -0.25) is 4.90 Å². The van der Waals surface area contributed by atoms with E-state index in [1.165, 1.54) is 29.8 Å². The molecule has 1 aliphatic rings. The average Bonchev–Trinajstić information content (AvgIpc) is 2.69. The zero-order valence-corrected chi connectivity index (χ0v) is 17.4. The maximum Gasteiger partial charge on any atom is 0.573 e. The Morgan fingerprint density at radius 1 is 1.10 bits per heavy atom. The molecule has 0 radical (unpaired) electrons. The number of benzene rings is 2.